The minimum Gasteiger partial charge on any atom is -0.508 e. The Bertz CT molecular complexity index is 668. The summed E-state index contributed by atoms with van der Waals surface area (Å²) in [4.78, 5) is 3.64. The highest BCUT2D eigenvalue weighted by Crippen LogP contribution is 2.36. The van der Waals surface area contributed by atoms with E-state index in [-0.39, 0.29) is 0 Å². The first-order chi connectivity index (χ1) is 9.65. The zero-order valence-corrected chi connectivity index (χ0v) is 13.8. The predicted molar refractivity (Wildman–Crippen MR) is 89.4 cm³/mol. The van der Waals surface area contributed by atoms with Gasteiger partial charge in [-0.1, -0.05) is 32.9 Å². The van der Waals surface area contributed by atoms with E-state index in [4.69, 9.17) is 12.2 Å². The van der Waals surface area contributed by atoms with E-state index in [1.165, 1.54) is 28.8 Å². The Morgan fingerprint density at radius 2 is 2.00 bits per heavy atom. The maximum absolute atomic E-state index is 10.1. The smallest absolute Gasteiger partial charge is 0.120 e. The molecule has 0 bridgehead atoms. The van der Waals surface area contributed by atoms with Crippen molar-refractivity contribution in [1.82, 2.24) is 4.90 Å². The third kappa shape index (κ3) is 2.81. The average molecular weight is 324 g/mol. The van der Waals surface area contributed by atoms with Gasteiger partial charge in [0.2, 0.25) is 0 Å². The minimum atomic E-state index is 0.400. The molecule has 0 atom stereocenters. The average Bonchev–Trinajstić information content (AvgIpc) is 3.05. The molecule has 5 heteroatoms. The van der Waals surface area contributed by atoms with Gasteiger partial charge in [0, 0.05) is 12.1 Å². The summed E-state index contributed by atoms with van der Waals surface area (Å²) in [6, 6.07) is 5.92. The SMILES string of the molecule is Cc1c(-c2ccc(O)c(CN3CCCC3)c2)ssc1=S. The van der Waals surface area contributed by atoms with Crippen molar-refractivity contribution < 1.29 is 5.11 Å². The molecule has 0 saturated carbocycles. The van der Waals surface area contributed by atoms with Crippen LogP contribution in [0.4, 0.5) is 0 Å². The lowest BCUT2D eigenvalue weighted by Crippen LogP contribution is -2.18. The number of phenolic OH excluding ortho intramolecular Hbond substituents is 1. The minimum absolute atomic E-state index is 0.400. The first-order valence-corrected chi connectivity index (χ1v) is 9.35. The summed E-state index contributed by atoms with van der Waals surface area (Å²) in [5, 5.41) is 10.1. The molecule has 1 saturated heterocycles. The number of hydrogen-bond donors (Lipinski definition) is 1. The van der Waals surface area contributed by atoms with E-state index >= 15 is 0 Å². The van der Waals surface area contributed by atoms with Crippen molar-refractivity contribution in [2.75, 3.05) is 13.1 Å². The van der Waals surface area contributed by atoms with E-state index in [0.717, 1.165) is 29.0 Å². The van der Waals surface area contributed by atoms with Crippen molar-refractivity contribution in [2.45, 2.75) is 26.3 Å². The van der Waals surface area contributed by atoms with Crippen LogP contribution in [0, 0.1) is 10.7 Å². The molecule has 0 spiro atoms. The van der Waals surface area contributed by atoms with Gasteiger partial charge in [-0.2, -0.15) is 0 Å². The lowest BCUT2D eigenvalue weighted by Gasteiger charge is -2.16. The molecule has 0 amide bonds. The molecular formula is C15H17NOS3. The van der Waals surface area contributed by atoms with Gasteiger partial charge in [-0.3, -0.25) is 4.90 Å². The van der Waals surface area contributed by atoms with E-state index in [1.807, 2.05) is 12.1 Å². The van der Waals surface area contributed by atoms with Gasteiger partial charge in [-0.05, 0) is 62.2 Å². The monoisotopic (exact) mass is 323 g/mol. The zero-order chi connectivity index (χ0) is 14.1. The number of aromatic hydroxyl groups is 1. The van der Waals surface area contributed by atoms with Crippen molar-refractivity contribution in [1.29, 1.82) is 0 Å². The van der Waals surface area contributed by atoms with E-state index in [9.17, 15) is 5.11 Å². The fourth-order valence-corrected chi connectivity index (χ4v) is 5.49. The van der Waals surface area contributed by atoms with Gasteiger partial charge in [-0.15, -0.1) is 0 Å². The third-order valence-corrected chi connectivity index (χ3v) is 7.15. The normalized spacial score (nSPS) is 15.8. The molecule has 2 aromatic rings. The Balaban J connectivity index is 1.93. The molecule has 1 aromatic heterocycles. The standard InChI is InChI=1S/C15H17NOS3/c1-10-14(19-20-15(10)18)11-4-5-13(17)12(8-11)9-16-6-2-3-7-16/h4-5,8,17H,2-3,6-7,9H2,1H3. The summed E-state index contributed by atoms with van der Waals surface area (Å²) in [6.45, 7) is 5.20. The van der Waals surface area contributed by atoms with Gasteiger partial charge in [0.25, 0.3) is 0 Å². The third-order valence-electron chi connectivity index (χ3n) is 3.78. The van der Waals surface area contributed by atoms with E-state index in [2.05, 4.69) is 17.9 Å². The van der Waals surface area contributed by atoms with Crippen LogP contribution in [0.5, 0.6) is 5.75 Å². The van der Waals surface area contributed by atoms with Crippen molar-refractivity contribution in [3.8, 4) is 16.2 Å². The maximum atomic E-state index is 10.1. The van der Waals surface area contributed by atoms with Crippen molar-refractivity contribution in [3.05, 3.63) is 33.1 Å². The van der Waals surface area contributed by atoms with Crippen LogP contribution < -0.4 is 0 Å². The summed E-state index contributed by atoms with van der Waals surface area (Å²) in [5.41, 5.74) is 3.38. The van der Waals surface area contributed by atoms with Crippen LogP contribution in [-0.2, 0) is 6.54 Å². The van der Waals surface area contributed by atoms with Gasteiger partial charge < -0.3 is 5.11 Å². The zero-order valence-electron chi connectivity index (χ0n) is 11.4. The molecule has 106 valence electrons. The molecule has 1 N–H and O–H groups in total. The van der Waals surface area contributed by atoms with Crippen LogP contribution in [0.15, 0.2) is 18.2 Å². The second-order valence-corrected chi connectivity index (χ2v) is 8.05. The Morgan fingerprint density at radius 1 is 1.25 bits per heavy atom. The second-order valence-electron chi connectivity index (χ2n) is 5.23. The predicted octanol–water partition coefficient (Wildman–Crippen LogP) is 4.82. The highest BCUT2D eigenvalue weighted by Gasteiger charge is 2.15. The molecule has 1 aliphatic rings. The van der Waals surface area contributed by atoms with E-state index < -0.39 is 0 Å². The first-order valence-electron chi connectivity index (χ1n) is 6.79. The lowest BCUT2D eigenvalue weighted by atomic mass is 10.1. The van der Waals surface area contributed by atoms with E-state index in [1.54, 1.807) is 20.7 Å². The van der Waals surface area contributed by atoms with Gasteiger partial charge in [-0.25, -0.2) is 0 Å². The first kappa shape index (κ1) is 14.2. The topological polar surface area (TPSA) is 23.5 Å². The summed E-state index contributed by atoms with van der Waals surface area (Å²) in [5.74, 6) is 0.400. The fourth-order valence-electron chi connectivity index (χ4n) is 2.60. The van der Waals surface area contributed by atoms with Crippen molar-refractivity contribution in [3.63, 3.8) is 0 Å². The summed E-state index contributed by atoms with van der Waals surface area (Å²) in [7, 11) is 3.38. The Hall–Kier alpha value is -0.750. The van der Waals surface area contributed by atoms with Gasteiger partial charge in [0.05, 0.1) is 4.88 Å². The molecule has 0 radical (unpaired) electrons. The van der Waals surface area contributed by atoms with Crippen LogP contribution in [0.2, 0.25) is 0 Å². The van der Waals surface area contributed by atoms with Gasteiger partial charge >= 0.3 is 0 Å². The molecule has 0 aliphatic carbocycles. The molecule has 1 aromatic carbocycles. The Kier molecular flexibility index (Phi) is 4.21. The van der Waals surface area contributed by atoms with Crippen LogP contribution in [0.1, 0.15) is 24.0 Å². The molecule has 3 rings (SSSR count). The quantitative estimate of drug-likeness (QED) is 0.647. The van der Waals surface area contributed by atoms with Crippen LogP contribution in [0.3, 0.4) is 0 Å². The van der Waals surface area contributed by atoms with E-state index in [0.29, 0.717) is 5.75 Å². The highest BCUT2D eigenvalue weighted by molar-refractivity contribution is 7.80. The molecular weight excluding hydrogens is 306 g/mol. The highest BCUT2D eigenvalue weighted by atomic mass is 32.9. The molecule has 1 aliphatic heterocycles. The molecule has 1 fully saturated rings. The largest absolute Gasteiger partial charge is 0.508 e. The van der Waals surface area contributed by atoms with Gasteiger partial charge in [0.1, 0.15) is 9.57 Å². The van der Waals surface area contributed by atoms with Gasteiger partial charge in [0.15, 0.2) is 0 Å². The molecule has 2 nitrogen and oxygen atoms in total. The maximum Gasteiger partial charge on any atom is 0.120 e. The van der Waals surface area contributed by atoms with Crippen LogP contribution in [-0.4, -0.2) is 23.1 Å². The van der Waals surface area contributed by atoms with Crippen LogP contribution >= 0.6 is 32.9 Å². The second kappa shape index (κ2) is 5.93. The summed E-state index contributed by atoms with van der Waals surface area (Å²) < 4.78 is 0.971. The molecule has 20 heavy (non-hydrogen) atoms. The fraction of sp³-hybridized carbons (Fsp3) is 0.400. The van der Waals surface area contributed by atoms with Crippen LogP contribution in [0.25, 0.3) is 10.4 Å². The molecule has 0 unspecified atom stereocenters. The number of benzene rings is 1. The summed E-state index contributed by atoms with van der Waals surface area (Å²) >= 11 is 5.32. The number of likely N-dealkylation sites (tertiary alicyclic amines) is 1. The molecule has 2 heterocycles. The number of nitrogens with zero attached hydrogens (tertiary/aromatic N) is 1. The Labute approximate surface area is 131 Å². The number of rotatable bonds is 3. The number of hydrogen-bond acceptors (Lipinski definition) is 5. The number of phenols is 1. The Morgan fingerprint density at radius 3 is 2.65 bits per heavy atom. The van der Waals surface area contributed by atoms with Crippen molar-refractivity contribution in [2.24, 2.45) is 0 Å². The summed E-state index contributed by atoms with van der Waals surface area (Å²) in [6.07, 6.45) is 2.54. The van der Waals surface area contributed by atoms with Crippen molar-refractivity contribution >= 4 is 32.9 Å². The lowest BCUT2D eigenvalue weighted by molar-refractivity contribution is 0.324.